The van der Waals surface area contributed by atoms with Gasteiger partial charge < -0.3 is 15.8 Å². The average molecular weight is 274 g/mol. The van der Waals surface area contributed by atoms with Crippen LogP contribution < -0.4 is 15.8 Å². The first-order chi connectivity index (χ1) is 9.60. The molecule has 104 valence electrons. The van der Waals surface area contributed by atoms with Crippen LogP contribution in [0, 0.1) is 5.82 Å². The number of anilines is 2. The van der Waals surface area contributed by atoms with Gasteiger partial charge in [-0.3, -0.25) is 4.79 Å². The molecular weight excluding hydrogens is 259 g/mol. The molecule has 0 heterocycles. The lowest BCUT2D eigenvalue weighted by molar-refractivity contribution is -0.115. The number of methoxy groups -OCH3 is 1. The average Bonchev–Trinajstić information content (AvgIpc) is 2.43. The minimum Gasteiger partial charge on any atom is -0.496 e. The molecule has 3 N–H and O–H groups in total. The Morgan fingerprint density at radius 1 is 1.30 bits per heavy atom. The summed E-state index contributed by atoms with van der Waals surface area (Å²) < 4.78 is 18.2. The third kappa shape index (κ3) is 3.26. The van der Waals surface area contributed by atoms with Crippen molar-refractivity contribution >= 4 is 17.3 Å². The Labute approximate surface area is 116 Å². The van der Waals surface area contributed by atoms with Crippen LogP contribution in [0.25, 0.3) is 0 Å². The molecule has 2 aromatic rings. The second-order valence-corrected chi connectivity index (χ2v) is 4.27. The Morgan fingerprint density at radius 2 is 2.05 bits per heavy atom. The van der Waals surface area contributed by atoms with Gasteiger partial charge in [-0.2, -0.15) is 0 Å². The molecule has 0 bridgehead atoms. The summed E-state index contributed by atoms with van der Waals surface area (Å²) in [6, 6.07) is 11.3. The number of carbonyl (C=O) groups is 1. The third-order valence-electron chi connectivity index (χ3n) is 2.82. The Kier molecular flexibility index (Phi) is 4.20. The van der Waals surface area contributed by atoms with Crippen LogP contribution >= 0.6 is 0 Å². The Bertz CT molecular complexity index is 629. The molecule has 0 spiro atoms. The van der Waals surface area contributed by atoms with E-state index in [1.807, 2.05) is 18.2 Å². The van der Waals surface area contributed by atoms with Crippen molar-refractivity contribution in [3.05, 3.63) is 53.8 Å². The summed E-state index contributed by atoms with van der Waals surface area (Å²) >= 11 is 0. The summed E-state index contributed by atoms with van der Waals surface area (Å²) in [6.45, 7) is 0. The van der Waals surface area contributed by atoms with Gasteiger partial charge in [0.25, 0.3) is 0 Å². The maximum Gasteiger partial charge on any atom is 0.228 e. The predicted octanol–water partition coefficient (Wildman–Crippen LogP) is 2.60. The van der Waals surface area contributed by atoms with E-state index in [0.29, 0.717) is 11.4 Å². The highest BCUT2D eigenvalue weighted by atomic mass is 19.1. The number of halogens is 1. The fraction of sp³-hybridized carbons (Fsp3) is 0.133. The second kappa shape index (κ2) is 6.06. The number of ether oxygens (including phenoxy) is 1. The van der Waals surface area contributed by atoms with E-state index in [4.69, 9.17) is 10.5 Å². The third-order valence-corrected chi connectivity index (χ3v) is 2.82. The summed E-state index contributed by atoms with van der Waals surface area (Å²) in [5.74, 6) is -0.0745. The first kappa shape index (κ1) is 13.9. The van der Waals surface area contributed by atoms with Gasteiger partial charge >= 0.3 is 0 Å². The van der Waals surface area contributed by atoms with Crippen LogP contribution in [-0.2, 0) is 11.2 Å². The van der Waals surface area contributed by atoms with Crippen molar-refractivity contribution in [2.45, 2.75) is 6.42 Å². The van der Waals surface area contributed by atoms with Crippen molar-refractivity contribution in [2.24, 2.45) is 0 Å². The predicted molar refractivity (Wildman–Crippen MR) is 76.1 cm³/mol. The SMILES string of the molecule is COc1ccccc1CC(=O)Nc1ccc(F)c(N)c1. The number of hydrogen-bond donors (Lipinski definition) is 2. The molecule has 5 heteroatoms. The van der Waals surface area contributed by atoms with E-state index in [-0.39, 0.29) is 18.0 Å². The van der Waals surface area contributed by atoms with Crippen LogP contribution in [0.4, 0.5) is 15.8 Å². The normalized spacial score (nSPS) is 10.1. The zero-order valence-electron chi connectivity index (χ0n) is 11.0. The molecule has 0 saturated heterocycles. The van der Waals surface area contributed by atoms with E-state index in [1.54, 1.807) is 13.2 Å². The number of benzene rings is 2. The van der Waals surface area contributed by atoms with E-state index in [2.05, 4.69) is 5.32 Å². The lowest BCUT2D eigenvalue weighted by Gasteiger charge is -2.09. The summed E-state index contributed by atoms with van der Waals surface area (Å²) in [5, 5.41) is 2.67. The molecule has 0 aliphatic heterocycles. The molecule has 0 aromatic heterocycles. The van der Waals surface area contributed by atoms with Crippen molar-refractivity contribution in [3.8, 4) is 5.75 Å². The first-order valence-electron chi connectivity index (χ1n) is 6.07. The summed E-state index contributed by atoms with van der Waals surface area (Å²) in [6.07, 6.45) is 0.168. The number of nitrogens with one attached hydrogen (secondary N) is 1. The molecule has 0 radical (unpaired) electrons. The van der Waals surface area contributed by atoms with Gasteiger partial charge in [-0.05, 0) is 24.3 Å². The first-order valence-corrected chi connectivity index (χ1v) is 6.07. The second-order valence-electron chi connectivity index (χ2n) is 4.27. The highest BCUT2D eigenvalue weighted by molar-refractivity contribution is 5.93. The zero-order valence-corrected chi connectivity index (χ0v) is 11.0. The largest absolute Gasteiger partial charge is 0.496 e. The van der Waals surface area contributed by atoms with Crippen molar-refractivity contribution in [2.75, 3.05) is 18.2 Å². The highest BCUT2D eigenvalue weighted by Gasteiger charge is 2.09. The molecular formula is C15H15FN2O2. The van der Waals surface area contributed by atoms with Gasteiger partial charge in [0.2, 0.25) is 5.91 Å². The minimum atomic E-state index is -0.507. The van der Waals surface area contributed by atoms with Crippen molar-refractivity contribution < 1.29 is 13.9 Å². The number of rotatable bonds is 4. The van der Waals surface area contributed by atoms with E-state index in [0.717, 1.165) is 5.56 Å². The minimum absolute atomic E-state index is 0.0000849. The van der Waals surface area contributed by atoms with Gasteiger partial charge in [-0.25, -0.2) is 4.39 Å². The zero-order chi connectivity index (χ0) is 14.5. The van der Waals surface area contributed by atoms with Crippen LogP contribution in [0.2, 0.25) is 0 Å². The number of nitrogen functional groups attached to an aromatic ring is 1. The Hall–Kier alpha value is -2.56. The number of hydrogen-bond acceptors (Lipinski definition) is 3. The van der Waals surface area contributed by atoms with Crippen LogP contribution in [-0.4, -0.2) is 13.0 Å². The van der Waals surface area contributed by atoms with Gasteiger partial charge in [0.15, 0.2) is 0 Å². The van der Waals surface area contributed by atoms with Crippen molar-refractivity contribution in [1.29, 1.82) is 0 Å². The smallest absolute Gasteiger partial charge is 0.228 e. The lowest BCUT2D eigenvalue weighted by atomic mass is 10.1. The van der Waals surface area contributed by atoms with Crippen LogP contribution in [0.3, 0.4) is 0 Å². The molecule has 0 aliphatic carbocycles. The van der Waals surface area contributed by atoms with Crippen LogP contribution in [0.1, 0.15) is 5.56 Å². The molecule has 0 atom stereocenters. The topological polar surface area (TPSA) is 64.3 Å². The molecule has 0 unspecified atom stereocenters. The van der Waals surface area contributed by atoms with Crippen molar-refractivity contribution in [3.63, 3.8) is 0 Å². The van der Waals surface area contributed by atoms with Crippen molar-refractivity contribution in [1.82, 2.24) is 0 Å². The maximum atomic E-state index is 13.0. The molecule has 20 heavy (non-hydrogen) atoms. The van der Waals surface area contributed by atoms with E-state index >= 15 is 0 Å². The molecule has 0 aliphatic rings. The Morgan fingerprint density at radius 3 is 2.75 bits per heavy atom. The maximum absolute atomic E-state index is 13.0. The summed E-state index contributed by atoms with van der Waals surface area (Å²) in [5.41, 5.74) is 6.69. The van der Waals surface area contributed by atoms with Crippen LogP contribution in [0.15, 0.2) is 42.5 Å². The quantitative estimate of drug-likeness (QED) is 0.842. The van der Waals surface area contributed by atoms with Gasteiger partial charge in [-0.15, -0.1) is 0 Å². The fourth-order valence-electron chi connectivity index (χ4n) is 1.85. The molecule has 0 fully saturated rings. The number of amides is 1. The molecule has 0 saturated carbocycles. The molecule has 2 aromatic carbocycles. The van der Waals surface area contributed by atoms with E-state index < -0.39 is 5.82 Å². The Balaban J connectivity index is 2.07. The van der Waals surface area contributed by atoms with Gasteiger partial charge in [0.05, 0.1) is 19.2 Å². The van der Waals surface area contributed by atoms with Gasteiger partial charge in [0, 0.05) is 11.3 Å². The molecule has 2 rings (SSSR count). The number of para-hydroxylation sites is 1. The van der Waals surface area contributed by atoms with E-state index in [1.165, 1.54) is 18.2 Å². The standard InChI is InChI=1S/C15H15FN2O2/c1-20-14-5-3-2-4-10(14)8-15(19)18-11-6-7-12(16)13(17)9-11/h2-7,9H,8,17H2,1H3,(H,18,19). The fourth-order valence-corrected chi connectivity index (χ4v) is 1.85. The van der Waals surface area contributed by atoms with Gasteiger partial charge in [-0.1, -0.05) is 18.2 Å². The summed E-state index contributed by atoms with van der Waals surface area (Å²) in [7, 11) is 1.55. The number of nitrogens with two attached hydrogens (primary N) is 1. The summed E-state index contributed by atoms with van der Waals surface area (Å²) in [4.78, 5) is 11.9. The van der Waals surface area contributed by atoms with E-state index in [9.17, 15) is 9.18 Å². The highest BCUT2D eigenvalue weighted by Crippen LogP contribution is 2.20. The monoisotopic (exact) mass is 274 g/mol. The number of carbonyl (C=O) groups excluding carboxylic acids is 1. The molecule has 1 amide bonds. The van der Waals surface area contributed by atoms with Crippen LogP contribution in [0.5, 0.6) is 5.75 Å². The lowest BCUT2D eigenvalue weighted by Crippen LogP contribution is -2.15. The van der Waals surface area contributed by atoms with Gasteiger partial charge in [0.1, 0.15) is 11.6 Å². The molecule has 4 nitrogen and oxygen atoms in total.